The Balaban J connectivity index is 0.000000226. The van der Waals surface area contributed by atoms with Gasteiger partial charge in [0.05, 0.1) is 28.4 Å². The molecule has 25 nitrogen and oxygen atoms in total. The van der Waals surface area contributed by atoms with E-state index >= 15 is 0 Å². The van der Waals surface area contributed by atoms with E-state index in [0.717, 1.165) is 32.2 Å². The van der Waals surface area contributed by atoms with Crippen LogP contribution in [0.25, 0.3) is 0 Å². The molecule has 100 heavy (non-hydrogen) atoms. The van der Waals surface area contributed by atoms with Crippen molar-refractivity contribution in [1.82, 2.24) is 59.8 Å². The summed E-state index contributed by atoms with van der Waals surface area (Å²) >= 11 is 33.2. The Labute approximate surface area is 609 Å². The van der Waals surface area contributed by atoms with Crippen LogP contribution < -0.4 is 68.0 Å². The third kappa shape index (κ3) is 31.7. The Morgan fingerprint density at radius 2 is 0.650 bits per heavy atom. The maximum atomic E-state index is 13.9. The predicted molar refractivity (Wildman–Crippen MR) is 390 cm³/mol. The van der Waals surface area contributed by atoms with Crippen molar-refractivity contribution in [2.75, 3.05) is 79.2 Å². The van der Waals surface area contributed by atoms with Gasteiger partial charge in [0.25, 0.3) is 0 Å². The Kier molecular flexibility index (Phi) is 37.9. The molecule has 35 heteroatoms. The van der Waals surface area contributed by atoms with E-state index in [1.165, 1.54) is 161 Å². The number of ether oxygens (including phenoxy) is 4. The molecule has 4 aromatic carbocycles. The zero-order valence-electron chi connectivity index (χ0n) is 56.3. The van der Waals surface area contributed by atoms with E-state index in [0.29, 0.717) is 71.2 Å². The zero-order valence-corrected chi connectivity index (χ0v) is 60.8. The fourth-order valence-corrected chi connectivity index (χ4v) is 10.8. The number of rotatable bonds is 16. The molecular formula is C65H85Cl6F4N21O4. The number of nitrogens with zero attached hydrogens (tertiary/aromatic N) is 12. The highest BCUT2D eigenvalue weighted by atomic mass is 35.5. The van der Waals surface area contributed by atoms with E-state index in [2.05, 4.69) is 96.4 Å². The van der Waals surface area contributed by atoms with Crippen molar-refractivity contribution in [3.8, 4) is 23.0 Å². The molecule has 0 atom stereocenters. The maximum Gasteiger partial charge on any atom is 0.233 e. The summed E-state index contributed by atoms with van der Waals surface area (Å²) < 4.78 is 73.2. The molecule has 3 aliphatic carbocycles. The average Bonchev–Trinajstić information content (AvgIpc) is 0.944. The molecule has 4 heterocycles. The molecule has 4 aromatic heterocycles. The standard InChI is InChI=1S/C19H27FN6O.C17H21ClFN5O.C10H7Cl2FN4O.C7H8FNO.C7H15N.C3Cl3N3.C2H7N/c1-3-21-17-24-18(22-13-8-6-4-5-7-9-13)26-19(25-17)23-14-10-11-16(27-2)15(20)12-14;1-25-14-9-8-12(10-13(14)19)21-17-23-15(18)22-16(24-17)20-11-6-4-2-3-5-7-11;1-18-7-3-2-5(4-6(7)13)14-10-16-8(11)15-9(12)17-10;1-10-7-3-2-5(9)4-6(7)8;8-7-5-3-1-2-4-6-7;4-1-7-2(5)9-3(6)8-1;1-2-3/h10-13H,3-9H2,1-2H3,(H3,21,22,23,24,25,26);8-11H,2-7H2,1H3,(H2,20,21,22,23,24);2-4H,1H3,(H,14,15,16,17);2-4H,9H2,1H3;7H,1-6,8H2;;2-3H2,1H3. The molecule has 12 N–H and O–H groups in total. The fraction of sp³-hybridized carbons (Fsp3) is 0.446. The van der Waals surface area contributed by atoms with Gasteiger partial charge in [0.1, 0.15) is 0 Å². The summed E-state index contributed by atoms with van der Waals surface area (Å²) in [5.74, 6) is 1.09. The molecule has 8 aromatic rings. The highest BCUT2D eigenvalue weighted by molar-refractivity contribution is 6.33. The van der Waals surface area contributed by atoms with Crippen LogP contribution >= 0.6 is 69.6 Å². The minimum Gasteiger partial charge on any atom is -0.494 e. The molecule has 11 rings (SSSR count). The van der Waals surface area contributed by atoms with Gasteiger partial charge in [0, 0.05) is 71.7 Å². The summed E-state index contributed by atoms with van der Waals surface area (Å²) in [6.45, 7) is 5.33. The first kappa shape index (κ1) is 82.8. The van der Waals surface area contributed by atoms with Crippen molar-refractivity contribution >= 4 is 128 Å². The second-order valence-electron chi connectivity index (χ2n) is 22.1. The number of benzene rings is 4. The van der Waals surface area contributed by atoms with Crippen LogP contribution in [0.15, 0.2) is 72.8 Å². The molecular weight excluding hydrogens is 1430 g/mol. The quantitative estimate of drug-likeness (QED) is 0.0246. The first-order valence-corrected chi connectivity index (χ1v) is 34.5. The van der Waals surface area contributed by atoms with Gasteiger partial charge in [-0.05, 0) is 170 Å². The molecule has 3 saturated carbocycles. The molecule has 0 saturated heterocycles. The summed E-state index contributed by atoms with van der Waals surface area (Å²) in [5, 5.41) is 18.6. The van der Waals surface area contributed by atoms with Gasteiger partial charge in [0.15, 0.2) is 46.3 Å². The maximum absolute atomic E-state index is 13.9. The Hall–Kier alpha value is -7.90. The normalized spacial score (nSPS) is 13.8. The summed E-state index contributed by atoms with van der Waals surface area (Å²) in [6, 6.07) is 19.0. The number of nitrogen functional groups attached to an aromatic ring is 1. The first-order chi connectivity index (χ1) is 48.1. The highest BCUT2D eigenvalue weighted by Crippen LogP contribution is 2.29. The van der Waals surface area contributed by atoms with Crippen LogP contribution in [0.5, 0.6) is 23.0 Å². The average molecular weight is 1510 g/mol. The lowest BCUT2D eigenvalue weighted by Gasteiger charge is -2.17. The molecule has 0 radical (unpaired) electrons. The highest BCUT2D eigenvalue weighted by Gasteiger charge is 2.18. The molecule has 0 amide bonds. The molecule has 3 aliphatic rings. The lowest BCUT2D eigenvalue weighted by molar-refractivity contribution is 0.386. The zero-order chi connectivity index (χ0) is 72.8. The van der Waals surface area contributed by atoms with Gasteiger partial charge < -0.3 is 68.0 Å². The lowest BCUT2D eigenvalue weighted by atomic mass is 10.1. The van der Waals surface area contributed by atoms with Crippen molar-refractivity contribution in [1.29, 1.82) is 0 Å². The van der Waals surface area contributed by atoms with Gasteiger partial charge in [-0.25, -0.2) is 17.6 Å². The predicted octanol–water partition coefficient (Wildman–Crippen LogP) is 16.8. The van der Waals surface area contributed by atoms with E-state index in [9.17, 15) is 17.6 Å². The van der Waals surface area contributed by atoms with Gasteiger partial charge >= 0.3 is 0 Å². The van der Waals surface area contributed by atoms with Crippen molar-refractivity contribution in [2.45, 2.75) is 148 Å². The lowest BCUT2D eigenvalue weighted by Crippen LogP contribution is -2.21. The van der Waals surface area contributed by atoms with Crippen LogP contribution in [0.4, 0.5) is 76.0 Å². The van der Waals surface area contributed by atoms with Gasteiger partial charge in [-0.15, -0.1) is 0 Å². The molecule has 0 spiro atoms. The number of methoxy groups -OCH3 is 4. The van der Waals surface area contributed by atoms with Crippen LogP contribution in [0.3, 0.4) is 0 Å². The molecule has 544 valence electrons. The second kappa shape index (κ2) is 45.8. The smallest absolute Gasteiger partial charge is 0.233 e. The number of nitrogens with two attached hydrogens (primary N) is 3. The summed E-state index contributed by atoms with van der Waals surface area (Å²) in [6.07, 6.45) is 22.5. The topological polar surface area (TPSA) is 342 Å². The van der Waals surface area contributed by atoms with Gasteiger partial charge in [0.2, 0.25) is 67.4 Å². The molecule has 0 aliphatic heterocycles. The number of hydrogen-bond acceptors (Lipinski definition) is 25. The SMILES string of the molecule is CCN.CCNc1nc(Nc2ccc(OC)c(F)c2)nc(NC2CCCCCC2)n1.COc1ccc(N)cc1F.COc1ccc(Nc2nc(Cl)nc(Cl)n2)cc1F.COc1ccc(Nc2nc(Cl)nc(NC3CCCCCC3)n2)cc1F.Clc1nc(Cl)nc(Cl)n1.NC1CCCCCC1. The van der Waals surface area contributed by atoms with Crippen LogP contribution in [-0.2, 0) is 0 Å². The van der Waals surface area contributed by atoms with Crippen molar-refractivity contribution in [2.24, 2.45) is 11.5 Å². The van der Waals surface area contributed by atoms with E-state index in [4.69, 9.17) is 101 Å². The minimum atomic E-state index is -0.506. The van der Waals surface area contributed by atoms with Gasteiger partial charge in [-0.1, -0.05) is 84.0 Å². The summed E-state index contributed by atoms with van der Waals surface area (Å²) in [7, 11) is 5.65. The molecule has 0 unspecified atom stereocenters. The Bertz CT molecular complexity index is 3650. The third-order valence-corrected chi connectivity index (χ3v) is 15.4. The van der Waals surface area contributed by atoms with Crippen molar-refractivity contribution in [3.05, 3.63) is 128 Å². The number of nitrogens with one attached hydrogen (secondary N) is 6. The van der Waals surface area contributed by atoms with Crippen LogP contribution in [0.2, 0.25) is 31.7 Å². The van der Waals surface area contributed by atoms with Crippen LogP contribution in [0, 0.1) is 23.3 Å². The van der Waals surface area contributed by atoms with Crippen LogP contribution in [0.1, 0.15) is 129 Å². The van der Waals surface area contributed by atoms with E-state index in [1.54, 1.807) is 30.3 Å². The van der Waals surface area contributed by atoms with E-state index < -0.39 is 23.3 Å². The van der Waals surface area contributed by atoms with Gasteiger partial charge in [-0.2, -0.15) is 59.8 Å². The Morgan fingerprint density at radius 3 is 0.990 bits per heavy atom. The number of hydrogen-bond donors (Lipinski definition) is 9. The van der Waals surface area contributed by atoms with Gasteiger partial charge in [-0.3, -0.25) is 0 Å². The number of anilines is 10. The fourth-order valence-electron chi connectivity index (χ4n) is 9.72. The number of aromatic nitrogens is 12. The van der Waals surface area contributed by atoms with E-state index in [-0.39, 0.29) is 66.6 Å². The van der Waals surface area contributed by atoms with E-state index in [1.807, 2.05) is 13.8 Å². The Morgan fingerprint density at radius 1 is 0.380 bits per heavy atom. The minimum absolute atomic E-state index is 0.000000000000000444. The monoisotopic (exact) mass is 1510 g/mol. The summed E-state index contributed by atoms with van der Waals surface area (Å²) in [5.41, 5.74) is 17.8. The van der Waals surface area contributed by atoms with Crippen molar-refractivity contribution < 1.29 is 36.5 Å². The van der Waals surface area contributed by atoms with Crippen LogP contribution in [-0.4, -0.2) is 119 Å². The molecule has 0 bridgehead atoms. The first-order valence-electron chi connectivity index (χ1n) is 32.2. The number of halogens is 10. The third-order valence-electron chi connectivity index (χ3n) is 14.4. The van der Waals surface area contributed by atoms with Crippen molar-refractivity contribution in [3.63, 3.8) is 0 Å². The summed E-state index contributed by atoms with van der Waals surface area (Å²) in [4.78, 5) is 47.4. The largest absolute Gasteiger partial charge is 0.494 e. The second-order valence-corrected chi connectivity index (χ2v) is 24.1. The molecule has 3 fully saturated rings.